The average Bonchev–Trinajstić information content (AvgIpc) is 2.70. The number of rotatable bonds is 6. The highest BCUT2D eigenvalue weighted by molar-refractivity contribution is 8.03. The van der Waals surface area contributed by atoms with E-state index in [-0.39, 0.29) is 11.5 Å². The zero-order chi connectivity index (χ0) is 20.8. The summed E-state index contributed by atoms with van der Waals surface area (Å²) < 4.78 is 9.61. The molecule has 0 saturated heterocycles. The van der Waals surface area contributed by atoms with Gasteiger partial charge >= 0.3 is 11.9 Å². The molecule has 0 aliphatic carbocycles. The fourth-order valence-electron chi connectivity index (χ4n) is 2.84. The molecule has 7 nitrogen and oxygen atoms in total. The molecule has 0 amide bonds. The minimum atomic E-state index is -0.681. The summed E-state index contributed by atoms with van der Waals surface area (Å²) in [6.45, 7) is 3.18. The van der Waals surface area contributed by atoms with Crippen molar-refractivity contribution in [1.82, 2.24) is 5.32 Å². The number of Topliss-reactive ketones (excluding diaryl/α,β-unsaturated/α-hetero) is 1. The number of thioether (sulfide) groups is 1. The first kappa shape index (κ1) is 21.3. The Bertz CT molecular complexity index is 910. The van der Waals surface area contributed by atoms with E-state index in [1.807, 2.05) is 0 Å². The number of benzene rings is 1. The van der Waals surface area contributed by atoms with Gasteiger partial charge in [0.1, 0.15) is 5.78 Å². The van der Waals surface area contributed by atoms with Gasteiger partial charge in [0.25, 0.3) is 0 Å². The summed E-state index contributed by atoms with van der Waals surface area (Å²) >= 11 is 1.21. The Labute approximate surface area is 167 Å². The molecular weight excluding hydrogens is 380 g/mol. The largest absolute Gasteiger partial charge is 0.466 e. The van der Waals surface area contributed by atoms with Crippen LogP contribution in [0, 0.1) is 11.3 Å². The van der Waals surface area contributed by atoms with Gasteiger partial charge in [-0.25, -0.2) is 9.59 Å². The molecule has 0 fully saturated rings. The van der Waals surface area contributed by atoms with Gasteiger partial charge in [-0.3, -0.25) is 4.79 Å². The van der Waals surface area contributed by atoms with Gasteiger partial charge < -0.3 is 14.8 Å². The Morgan fingerprint density at radius 2 is 1.75 bits per heavy atom. The van der Waals surface area contributed by atoms with Crippen LogP contribution in [0.15, 0.2) is 46.1 Å². The fraction of sp³-hybridized carbons (Fsp3) is 0.300. The van der Waals surface area contributed by atoms with E-state index in [1.54, 1.807) is 31.2 Å². The standard InChI is InChI=1S/C20H20N2O5S/c1-11(23)10-28-18-15(9-21)17(16(12(2)22-18)20(25)27-4)13-5-7-14(8-6-13)19(24)26-3/h5-8,17,22H,10H2,1-4H3. The molecule has 0 aromatic heterocycles. The van der Waals surface area contributed by atoms with Crippen molar-refractivity contribution in [3.05, 3.63) is 57.3 Å². The Hall–Kier alpha value is -3.05. The highest BCUT2D eigenvalue weighted by atomic mass is 32.2. The van der Waals surface area contributed by atoms with Crippen LogP contribution in [0.3, 0.4) is 0 Å². The summed E-state index contributed by atoms with van der Waals surface area (Å²) in [5.41, 5.74) is 2.15. The van der Waals surface area contributed by atoms with Crippen LogP contribution < -0.4 is 5.32 Å². The summed E-state index contributed by atoms with van der Waals surface area (Å²) in [4.78, 5) is 35.5. The number of carbonyl (C=O) groups is 3. The molecule has 1 heterocycles. The van der Waals surface area contributed by atoms with Crippen LogP contribution in [-0.4, -0.2) is 37.7 Å². The molecule has 2 rings (SSSR count). The lowest BCUT2D eigenvalue weighted by atomic mass is 9.82. The van der Waals surface area contributed by atoms with Crippen molar-refractivity contribution >= 4 is 29.5 Å². The molecule has 1 aromatic rings. The molecule has 1 aromatic carbocycles. The van der Waals surface area contributed by atoms with Gasteiger partial charge in [-0.1, -0.05) is 23.9 Å². The van der Waals surface area contributed by atoms with E-state index in [1.165, 1.54) is 32.9 Å². The van der Waals surface area contributed by atoms with Gasteiger partial charge in [-0.15, -0.1) is 0 Å². The summed E-state index contributed by atoms with van der Waals surface area (Å²) in [6, 6.07) is 8.64. The predicted octanol–water partition coefficient (Wildman–Crippen LogP) is 2.66. The van der Waals surface area contributed by atoms with Crippen molar-refractivity contribution in [3.63, 3.8) is 0 Å². The number of ether oxygens (including phenoxy) is 2. The lowest BCUT2D eigenvalue weighted by Gasteiger charge is -2.29. The second-order valence-electron chi connectivity index (χ2n) is 6.05. The van der Waals surface area contributed by atoms with E-state index in [2.05, 4.69) is 11.4 Å². The fourth-order valence-corrected chi connectivity index (χ4v) is 3.74. The predicted molar refractivity (Wildman–Crippen MR) is 104 cm³/mol. The number of allylic oxidation sites excluding steroid dienone is 2. The van der Waals surface area contributed by atoms with Crippen LogP contribution in [0.5, 0.6) is 0 Å². The Morgan fingerprint density at radius 1 is 1.14 bits per heavy atom. The molecule has 0 radical (unpaired) electrons. The minimum absolute atomic E-state index is 0.0315. The second-order valence-corrected chi connectivity index (χ2v) is 7.03. The molecule has 1 N–H and O–H groups in total. The maximum atomic E-state index is 12.4. The number of nitrogens with zero attached hydrogens (tertiary/aromatic N) is 1. The SMILES string of the molecule is COC(=O)C1=C(C)NC(SCC(C)=O)=C(C#N)C1c1ccc(C(=O)OC)cc1. The molecule has 1 atom stereocenters. The average molecular weight is 400 g/mol. The monoisotopic (exact) mass is 400 g/mol. The molecule has 28 heavy (non-hydrogen) atoms. The van der Waals surface area contributed by atoms with Crippen molar-refractivity contribution in [2.24, 2.45) is 0 Å². The third-order valence-electron chi connectivity index (χ3n) is 4.14. The summed E-state index contributed by atoms with van der Waals surface area (Å²) in [6.07, 6.45) is 0. The maximum absolute atomic E-state index is 12.4. The van der Waals surface area contributed by atoms with Gasteiger partial charge in [-0.05, 0) is 31.5 Å². The molecule has 0 saturated carbocycles. The highest BCUT2D eigenvalue weighted by Crippen LogP contribution is 2.41. The minimum Gasteiger partial charge on any atom is -0.466 e. The number of esters is 2. The molecule has 0 spiro atoms. The van der Waals surface area contributed by atoms with Crippen molar-refractivity contribution in [2.45, 2.75) is 19.8 Å². The van der Waals surface area contributed by atoms with Gasteiger partial charge in [0.05, 0.1) is 53.7 Å². The van der Waals surface area contributed by atoms with E-state index in [0.29, 0.717) is 33.0 Å². The van der Waals surface area contributed by atoms with E-state index in [9.17, 15) is 19.6 Å². The van der Waals surface area contributed by atoms with Gasteiger partial charge in [-0.2, -0.15) is 5.26 Å². The number of ketones is 1. The van der Waals surface area contributed by atoms with Crippen molar-refractivity contribution in [2.75, 3.05) is 20.0 Å². The van der Waals surface area contributed by atoms with Crippen LogP contribution >= 0.6 is 11.8 Å². The molecule has 0 bridgehead atoms. The molecule has 8 heteroatoms. The zero-order valence-corrected chi connectivity index (χ0v) is 16.8. The van der Waals surface area contributed by atoms with Gasteiger partial charge in [0.2, 0.25) is 0 Å². The number of nitrogens with one attached hydrogen (secondary N) is 1. The molecule has 1 aliphatic rings. The normalized spacial score (nSPS) is 16.2. The Balaban J connectivity index is 2.58. The van der Waals surface area contributed by atoms with Crippen LogP contribution in [0.2, 0.25) is 0 Å². The van der Waals surface area contributed by atoms with Crippen LogP contribution in [-0.2, 0) is 19.1 Å². The lowest BCUT2D eigenvalue weighted by Crippen LogP contribution is -2.28. The number of hydrogen-bond acceptors (Lipinski definition) is 8. The molecule has 146 valence electrons. The van der Waals surface area contributed by atoms with Crippen LogP contribution in [0.1, 0.15) is 35.7 Å². The van der Waals surface area contributed by atoms with Crippen molar-refractivity contribution in [1.29, 1.82) is 5.26 Å². The smallest absolute Gasteiger partial charge is 0.337 e. The van der Waals surface area contributed by atoms with Crippen LogP contribution in [0.4, 0.5) is 0 Å². The third kappa shape index (κ3) is 4.43. The maximum Gasteiger partial charge on any atom is 0.337 e. The summed E-state index contributed by atoms with van der Waals surface area (Å²) in [5, 5.41) is 13.4. The highest BCUT2D eigenvalue weighted by Gasteiger charge is 2.35. The number of dihydropyridines is 1. The first-order valence-electron chi connectivity index (χ1n) is 8.34. The van der Waals surface area contributed by atoms with Gasteiger partial charge in [0, 0.05) is 5.70 Å². The third-order valence-corrected chi connectivity index (χ3v) is 5.30. The zero-order valence-electron chi connectivity index (χ0n) is 16.0. The Morgan fingerprint density at radius 3 is 2.25 bits per heavy atom. The van der Waals surface area contributed by atoms with Gasteiger partial charge in [0.15, 0.2) is 0 Å². The van der Waals surface area contributed by atoms with Crippen molar-refractivity contribution in [3.8, 4) is 6.07 Å². The molecular formula is C20H20N2O5S. The molecule has 1 unspecified atom stereocenters. The molecule has 1 aliphatic heterocycles. The quantitative estimate of drug-likeness (QED) is 0.727. The second kappa shape index (κ2) is 9.24. The number of nitriles is 1. The van der Waals surface area contributed by atoms with E-state index in [0.717, 1.165) is 0 Å². The number of hydrogen-bond donors (Lipinski definition) is 1. The summed E-state index contributed by atoms with van der Waals surface area (Å²) in [5.74, 6) is -1.56. The van der Waals surface area contributed by atoms with Crippen molar-refractivity contribution < 1.29 is 23.9 Å². The van der Waals surface area contributed by atoms with E-state index in [4.69, 9.17) is 9.47 Å². The summed E-state index contributed by atoms with van der Waals surface area (Å²) in [7, 11) is 2.56. The first-order valence-corrected chi connectivity index (χ1v) is 9.33. The van der Waals surface area contributed by atoms with E-state index >= 15 is 0 Å². The number of methoxy groups -OCH3 is 2. The lowest BCUT2D eigenvalue weighted by molar-refractivity contribution is -0.136. The Kier molecular flexibility index (Phi) is 7.01. The van der Waals surface area contributed by atoms with E-state index < -0.39 is 17.9 Å². The topological polar surface area (TPSA) is 105 Å². The first-order chi connectivity index (χ1) is 13.3. The van der Waals surface area contributed by atoms with Crippen LogP contribution in [0.25, 0.3) is 0 Å². The number of carbonyl (C=O) groups excluding carboxylic acids is 3.